The molecule has 3 N–H and O–H groups in total. The van der Waals surface area contributed by atoms with E-state index >= 15 is 0 Å². The predicted molar refractivity (Wildman–Crippen MR) is 95.9 cm³/mol. The standard InChI is InChI=1S/C17H17N5OS/c23-16(19-14-9-5-2-6-10-14)12-24-17-20-15(21-22-17)11-18-13-7-3-1-4-8-13/h1-10,18H,11-12H2,(H,19,23)(H,20,21,22). The van der Waals surface area contributed by atoms with Crippen molar-refractivity contribution < 1.29 is 4.79 Å². The van der Waals surface area contributed by atoms with Gasteiger partial charge in [-0.25, -0.2) is 4.98 Å². The molecule has 0 aliphatic heterocycles. The Morgan fingerprint density at radius 2 is 1.67 bits per heavy atom. The summed E-state index contributed by atoms with van der Waals surface area (Å²) in [4.78, 5) is 16.3. The molecule has 0 fully saturated rings. The van der Waals surface area contributed by atoms with Crippen LogP contribution in [0.3, 0.4) is 0 Å². The van der Waals surface area contributed by atoms with Gasteiger partial charge < -0.3 is 10.6 Å². The first-order valence-corrected chi connectivity index (χ1v) is 8.46. The molecule has 0 aliphatic carbocycles. The quantitative estimate of drug-likeness (QED) is 0.576. The lowest BCUT2D eigenvalue weighted by Crippen LogP contribution is -2.13. The highest BCUT2D eigenvalue weighted by molar-refractivity contribution is 7.99. The smallest absolute Gasteiger partial charge is 0.234 e. The number of nitrogens with one attached hydrogen (secondary N) is 3. The number of thioether (sulfide) groups is 1. The third kappa shape index (κ3) is 4.85. The number of para-hydroxylation sites is 2. The van der Waals surface area contributed by atoms with Crippen molar-refractivity contribution in [1.82, 2.24) is 15.2 Å². The molecule has 7 heteroatoms. The Labute approximate surface area is 144 Å². The average Bonchev–Trinajstić information content (AvgIpc) is 3.08. The molecule has 0 spiro atoms. The van der Waals surface area contributed by atoms with Crippen LogP contribution in [0.2, 0.25) is 0 Å². The fourth-order valence-electron chi connectivity index (χ4n) is 2.01. The molecule has 0 saturated carbocycles. The van der Waals surface area contributed by atoms with E-state index in [0.29, 0.717) is 11.7 Å². The van der Waals surface area contributed by atoms with Gasteiger partial charge in [-0.2, -0.15) is 0 Å². The second-order valence-electron chi connectivity index (χ2n) is 4.99. The van der Waals surface area contributed by atoms with Crippen LogP contribution in [0.1, 0.15) is 5.82 Å². The maximum atomic E-state index is 11.9. The molecular formula is C17H17N5OS. The Bertz CT molecular complexity index is 776. The first kappa shape index (κ1) is 16.1. The molecule has 1 heterocycles. The number of nitrogens with zero attached hydrogens (tertiary/aromatic N) is 2. The molecule has 0 bridgehead atoms. The highest BCUT2D eigenvalue weighted by atomic mass is 32.2. The van der Waals surface area contributed by atoms with Crippen LogP contribution >= 0.6 is 11.8 Å². The summed E-state index contributed by atoms with van der Waals surface area (Å²) < 4.78 is 0. The van der Waals surface area contributed by atoms with Gasteiger partial charge in [0, 0.05) is 11.4 Å². The van der Waals surface area contributed by atoms with Gasteiger partial charge in [-0.3, -0.25) is 9.89 Å². The minimum atomic E-state index is -0.0834. The summed E-state index contributed by atoms with van der Waals surface area (Å²) in [5.74, 6) is 0.906. The number of aromatic nitrogens is 3. The third-order valence-electron chi connectivity index (χ3n) is 3.13. The summed E-state index contributed by atoms with van der Waals surface area (Å²) in [6, 6.07) is 19.2. The molecular weight excluding hydrogens is 322 g/mol. The zero-order chi connectivity index (χ0) is 16.6. The number of hydrogen-bond donors (Lipinski definition) is 3. The van der Waals surface area contributed by atoms with Gasteiger partial charge in [0.25, 0.3) is 0 Å². The lowest BCUT2D eigenvalue weighted by Gasteiger charge is -2.03. The largest absolute Gasteiger partial charge is 0.378 e. The number of carbonyl (C=O) groups is 1. The maximum Gasteiger partial charge on any atom is 0.234 e. The van der Waals surface area contributed by atoms with E-state index in [2.05, 4.69) is 25.8 Å². The first-order chi connectivity index (χ1) is 11.8. The van der Waals surface area contributed by atoms with Crippen LogP contribution < -0.4 is 10.6 Å². The van der Waals surface area contributed by atoms with E-state index in [-0.39, 0.29) is 11.7 Å². The van der Waals surface area contributed by atoms with Crippen molar-refractivity contribution in [3.05, 3.63) is 66.5 Å². The van der Waals surface area contributed by atoms with Gasteiger partial charge >= 0.3 is 0 Å². The van der Waals surface area contributed by atoms with Crippen molar-refractivity contribution in [1.29, 1.82) is 0 Å². The van der Waals surface area contributed by atoms with Crippen molar-refractivity contribution in [3.63, 3.8) is 0 Å². The van der Waals surface area contributed by atoms with Crippen LogP contribution in [0.5, 0.6) is 0 Å². The third-order valence-corrected chi connectivity index (χ3v) is 3.98. The van der Waals surface area contributed by atoms with E-state index in [9.17, 15) is 4.79 Å². The predicted octanol–water partition coefficient (Wildman–Crippen LogP) is 3.15. The van der Waals surface area contributed by atoms with Crippen LogP contribution in [0, 0.1) is 0 Å². The van der Waals surface area contributed by atoms with Crippen molar-refractivity contribution in [2.75, 3.05) is 16.4 Å². The van der Waals surface area contributed by atoms with Gasteiger partial charge in [0.2, 0.25) is 11.1 Å². The zero-order valence-corrected chi connectivity index (χ0v) is 13.7. The lowest BCUT2D eigenvalue weighted by atomic mass is 10.3. The van der Waals surface area contributed by atoms with Gasteiger partial charge in [-0.05, 0) is 24.3 Å². The van der Waals surface area contributed by atoms with Gasteiger partial charge in [-0.15, -0.1) is 5.10 Å². The molecule has 3 aromatic rings. The summed E-state index contributed by atoms with van der Waals surface area (Å²) in [5, 5.41) is 13.6. The topological polar surface area (TPSA) is 82.7 Å². The minimum absolute atomic E-state index is 0.0834. The Hall–Kier alpha value is -2.80. The van der Waals surface area contributed by atoms with E-state index in [1.165, 1.54) is 11.8 Å². The van der Waals surface area contributed by atoms with Gasteiger partial charge in [-0.1, -0.05) is 48.2 Å². The van der Waals surface area contributed by atoms with E-state index in [4.69, 9.17) is 0 Å². The van der Waals surface area contributed by atoms with Gasteiger partial charge in [0.15, 0.2) is 0 Å². The fraction of sp³-hybridized carbons (Fsp3) is 0.118. The summed E-state index contributed by atoms with van der Waals surface area (Å²) in [6.07, 6.45) is 0. The number of benzene rings is 2. The van der Waals surface area contributed by atoms with Crippen molar-refractivity contribution >= 4 is 29.0 Å². The molecule has 3 rings (SSSR count). The average molecular weight is 339 g/mol. The number of hydrogen-bond acceptors (Lipinski definition) is 5. The number of H-pyrrole nitrogens is 1. The number of rotatable bonds is 7. The van der Waals surface area contributed by atoms with Crippen LogP contribution in [-0.2, 0) is 11.3 Å². The van der Waals surface area contributed by atoms with Crippen LogP contribution in [0.15, 0.2) is 65.8 Å². The summed E-state index contributed by atoms with van der Waals surface area (Å²) >= 11 is 1.30. The highest BCUT2D eigenvalue weighted by Crippen LogP contribution is 2.14. The normalized spacial score (nSPS) is 10.3. The number of amides is 1. The van der Waals surface area contributed by atoms with E-state index < -0.39 is 0 Å². The molecule has 1 aromatic heterocycles. The Morgan fingerprint density at radius 3 is 2.38 bits per heavy atom. The molecule has 0 atom stereocenters. The second-order valence-corrected chi connectivity index (χ2v) is 5.93. The van der Waals surface area contributed by atoms with E-state index in [0.717, 1.165) is 17.2 Å². The van der Waals surface area contributed by atoms with Crippen molar-refractivity contribution in [2.24, 2.45) is 0 Å². The van der Waals surface area contributed by atoms with Crippen molar-refractivity contribution in [3.8, 4) is 0 Å². The van der Waals surface area contributed by atoms with Crippen molar-refractivity contribution in [2.45, 2.75) is 11.7 Å². The molecule has 0 unspecified atom stereocenters. The number of anilines is 2. The van der Waals surface area contributed by atoms with Crippen LogP contribution in [0.4, 0.5) is 11.4 Å². The molecule has 6 nitrogen and oxygen atoms in total. The SMILES string of the molecule is O=C(CSc1n[nH]c(CNc2ccccc2)n1)Nc1ccccc1. The number of aromatic amines is 1. The number of carbonyl (C=O) groups excluding carboxylic acids is 1. The molecule has 0 aliphatic rings. The Morgan fingerprint density at radius 1 is 1.00 bits per heavy atom. The first-order valence-electron chi connectivity index (χ1n) is 7.47. The Kier molecular flexibility index (Phi) is 5.47. The minimum Gasteiger partial charge on any atom is -0.378 e. The summed E-state index contributed by atoms with van der Waals surface area (Å²) in [5.41, 5.74) is 1.80. The second kappa shape index (κ2) is 8.16. The van der Waals surface area contributed by atoms with Gasteiger partial charge in [0.1, 0.15) is 5.82 Å². The molecule has 2 aromatic carbocycles. The molecule has 1 amide bonds. The highest BCUT2D eigenvalue weighted by Gasteiger charge is 2.08. The lowest BCUT2D eigenvalue weighted by molar-refractivity contribution is -0.113. The molecule has 0 saturated heterocycles. The van der Waals surface area contributed by atoms with E-state index in [1.54, 1.807) is 0 Å². The zero-order valence-electron chi connectivity index (χ0n) is 12.9. The Balaban J connectivity index is 1.45. The maximum absolute atomic E-state index is 11.9. The van der Waals surface area contributed by atoms with Crippen LogP contribution in [0.25, 0.3) is 0 Å². The molecule has 0 radical (unpaired) electrons. The van der Waals surface area contributed by atoms with Crippen LogP contribution in [-0.4, -0.2) is 26.8 Å². The monoisotopic (exact) mass is 339 g/mol. The summed E-state index contributed by atoms with van der Waals surface area (Å²) in [6.45, 7) is 0.549. The summed E-state index contributed by atoms with van der Waals surface area (Å²) in [7, 11) is 0. The van der Waals surface area contributed by atoms with E-state index in [1.807, 2.05) is 60.7 Å². The molecule has 24 heavy (non-hydrogen) atoms. The fourth-order valence-corrected chi connectivity index (χ4v) is 2.63. The van der Waals surface area contributed by atoms with Gasteiger partial charge in [0.05, 0.1) is 12.3 Å². The molecule has 122 valence electrons.